The van der Waals surface area contributed by atoms with Gasteiger partial charge in [-0.1, -0.05) is 43.6 Å². The minimum atomic E-state index is -3.80. The zero-order valence-electron chi connectivity index (χ0n) is 17.5. The van der Waals surface area contributed by atoms with Crippen molar-refractivity contribution in [3.8, 4) is 0 Å². The van der Waals surface area contributed by atoms with E-state index in [0.717, 1.165) is 24.1 Å². The molecule has 0 aliphatic carbocycles. The first-order valence-corrected chi connectivity index (χ1v) is 12.3. The molecule has 1 aromatic rings. The van der Waals surface area contributed by atoms with Gasteiger partial charge in [0.05, 0.1) is 17.6 Å². The topological polar surface area (TPSA) is 87.7 Å². The minimum absolute atomic E-state index is 0.0951. The largest absolute Gasteiger partial charge is 0.374 e. The summed E-state index contributed by atoms with van der Waals surface area (Å²) in [5.41, 5.74) is 0. The van der Waals surface area contributed by atoms with Crippen LogP contribution in [0.3, 0.4) is 0 Å². The number of morpholine rings is 1. The van der Waals surface area contributed by atoms with Gasteiger partial charge in [-0.25, -0.2) is 8.42 Å². The standard InChI is InChI=1S/C20H32BrN3O4S/c1-14(2)12-24-9-10-28-17(13-24)11-22-20(25)19(15(3)4)23-29(26,27)18-7-5-16(21)6-8-18/h5-8,14-15,17,19,23H,9-13H2,1-4H3,(H,22,25)/t17-,19+/m0/s1. The van der Waals surface area contributed by atoms with Gasteiger partial charge in [-0.2, -0.15) is 4.72 Å². The molecule has 0 saturated carbocycles. The Morgan fingerprint density at radius 1 is 1.24 bits per heavy atom. The summed E-state index contributed by atoms with van der Waals surface area (Å²) in [5, 5.41) is 2.87. The zero-order chi connectivity index (χ0) is 21.6. The van der Waals surface area contributed by atoms with Crippen molar-refractivity contribution in [2.24, 2.45) is 11.8 Å². The number of amides is 1. The zero-order valence-corrected chi connectivity index (χ0v) is 19.9. The van der Waals surface area contributed by atoms with Gasteiger partial charge in [-0.15, -0.1) is 0 Å². The number of benzene rings is 1. The SMILES string of the molecule is CC(C)CN1CCO[C@@H](CNC(=O)[C@H](NS(=O)(=O)c2ccc(Br)cc2)C(C)C)C1. The van der Waals surface area contributed by atoms with Crippen LogP contribution in [0.25, 0.3) is 0 Å². The lowest BCUT2D eigenvalue weighted by atomic mass is 10.0. The third-order valence-electron chi connectivity index (χ3n) is 4.71. The van der Waals surface area contributed by atoms with Crippen molar-refractivity contribution in [1.29, 1.82) is 0 Å². The number of hydrogen-bond donors (Lipinski definition) is 2. The smallest absolute Gasteiger partial charge is 0.241 e. The van der Waals surface area contributed by atoms with Crippen molar-refractivity contribution in [2.45, 2.75) is 44.7 Å². The van der Waals surface area contributed by atoms with Gasteiger partial charge in [0.15, 0.2) is 0 Å². The first-order chi connectivity index (χ1) is 13.6. The maximum atomic E-state index is 12.7. The van der Waals surface area contributed by atoms with Gasteiger partial charge in [-0.05, 0) is 36.1 Å². The number of sulfonamides is 1. The molecule has 0 aromatic heterocycles. The molecule has 0 unspecified atom stereocenters. The highest BCUT2D eigenvalue weighted by molar-refractivity contribution is 9.10. The van der Waals surface area contributed by atoms with Gasteiger partial charge in [0.1, 0.15) is 6.04 Å². The molecule has 1 heterocycles. The van der Waals surface area contributed by atoms with Gasteiger partial charge in [-0.3, -0.25) is 9.69 Å². The molecule has 0 spiro atoms. The van der Waals surface area contributed by atoms with Crippen LogP contribution < -0.4 is 10.0 Å². The van der Waals surface area contributed by atoms with E-state index in [0.29, 0.717) is 19.1 Å². The number of halogens is 1. The van der Waals surface area contributed by atoms with Crippen molar-refractivity contribution in [2.75, 3.05) is 32.8 Å². The summed E-state index contributed by atoms with van der Waals surface area (Å²) in [4.78, 5) is 15.2. The number of rotatable bonds is 9. The fourth-order valence-corrected chi connectivity index (χ4v) is 4.86. The van der Waals surface area contributed by atoms with E-state index in [-0.39, 0.29) is 22.8 Å². The second kappa shape index (κ2) is 10.9. The first-order valence-electron chi connectivity index (χ1n) is 9.98. The average molecular weight is 490 g/mol. The molecule has 7 nitrogen and oxygen atoms in total. The number of carbonyl (C=O) groups excluding carboxylic acids is 1. The maximum absolute atomic E-state index is 12.7. The molecular formula is C20H32BrN3O4S. The van der Waals surface area contributed by atoms with Crippen molar-refractivity contribution in [1.82, 2.24) is 14.9 Å². The second-order valence-electron chi connectivity index (χ2n) is 8.19. The number of carbonyl (C=O) groups is 1. The number of hydrogen-bond acceptors (Lipinski definition) is 5. The van der Waals surface area contributed by atoms with Crippen molar-refractivity contribution in [3.63, 3.8) is 0 Å². The maximum Gasteiger partial charge on any atom is 0.241 e. The van der Waals surface area contributed by atoms with E-state index in [4.69, 9.17) is 4.74 Å². The molecule has 1 aromatic carbocycles. The Bertz CT molecular complexity index is 768. The summed E-state index contributed by atoms with van der Waals surface area (Å²) in [7, 11) is -3.80. The van der Waals surface area contributed by atoms with Crippen LogP contribution in [-0.4, -0.2) is 64.2 Å². The lowest BCUT2D eigenvalue weighted by Crippen LogP contribution is -2.53. The van der Waals surface area contributed by atoms with Crippen LogP contribution in [0.2, 0.25) is 0 Å². The quantitative estimate of drug-likeness (QED) is 0.555. The van der Waals surface area contributed by atoms with E-state index in [1.54, 1.807) is 12.1 Å². The summed E-state index contributed by atoms with van der Waals surface area (Å²) in [6.07, 6.45) is -0.0951. The van der Waals surface area contributed by atoms with Crippen molar-refractivity contribution >= 4 is 31.9 Å². The summed E-state index contributed by atoms with van der Waals surface area (Å²) in [5.74, 6) is 0.0249. The third kappa shape index (κ3) is 7.64. The third-order valence-corrected chi connectivity index (χ3v) is 6.69. The molecule has 1 saturated heterocycles. The lowest BCUT2D eigenvalue weighted by Gasteiger charge is -2.34. The molecule has 2 atom stereocenters. The first kappa shape index (κ1) is 24.3. The van der Waals surface area contributed by atoms with Gasteiger partial charge >= 0.3 is 0 Å². The van der Waals surface area contributed by atoms with Crippen molar-refractivity contribution < 1.29 is 17.9 Å². The molecule has 1 fully saturated rings. The molecule has 1 amide bonds. The van der Waals surface area contributed by atoms with E-state index in [2.05, 4.69) is 44.7 Å². The molecule has 2 rings (SSSR count). The molecule has 1 aliphatic heterocycles. The fraction of sp³-hybridized carbons (Fsp3) is 0.650. The molecule has 0 radical (unpaired) electrons. The molecule has 1 aliphatic rings. The monoisotopic (exact) mass is 489 g/mol. The van der Waals surface area contributed by atoms with Gasteiger partial charge in [0.2, 0.25) is 15.9 Å². The molecule has 2 N–H and O–H groups in total. The highest BCUT2D eigenvalue weighted by atomic mass is 79.9. The summed E-state index contributed by atoms with van der Waals surface area (Å²) < 4.78 is 34.4. The Balaban J connectivity index is 1.96. The summed E-state index contributed by atoms with van der Waals surface area (Å²) in [6, 6.07) is 5.45. The van der Waals surface area contributed by atoms with Crippen LogP contribution >= 0.6 is 15.9 Å². The number of ether oxygens (including phenoxy) is 1. The molecular weight excluding hydrogens is 458 g/mol. The summed E-state index contributed by atoms with van der Waals surface area (Å²) >= 11 is 3.29. The normalized spacial score (nSPS) is 19.5. The van der Waals surface area contributed by atoms with E-state index < -0.39 is 16.1 Å². The molecule has 9 heteroatoms. The van der Waals surface area contributed by atoms with Gasteiger partial charge < -0.3 is 10.1 Å². The Morgan fingerprint density at radius 3 is 2.48 bits per heavy atom. The van der Waals surface area contributed by atoms with Gasteiger partial charge in [0, 0.05) is 30.7 Å². The van der Waals surface area contributed by atoms with Crippen LogP contribution in [0.15, 0.2) is 33.6 Å². The molecule has 0 bridgehead atoms. The van der Waals surface area contributed by atoms with E-state index in [1.165, 1.54) is 12.1 Å². The van der Waals surface area contributed by atoms with E-state index in [1.807, 2.05) is 13.8 Å². The highest BCUT2D eigenvalue weighted by Crippen LogP contribution is 2.16. The van der Waals surface area contributed by atoms with Crippen molar-refractivity contribution in [3.05, 3.63) is 28.7 Å². The second-order valence-corrected chi connectivity index (χ2v) is 10.8. The van der Waals surface area contributed by atoms with E-state index in [9.17, 15) is 13.2 Å². The fourth-order valence-electron chi connectivity index (χ4n) is 3.25. The molecule has 29 heavy (non-hydrogen) atoms. The minimum Gasteiger partial charge on any atom is -0.374 e. The predicted octanol–water partition coefficient (Wildman–Crippen LogP) is 2.23. The Hall–Kier alpha value is -1.00. The number of nitrogens with zero attached hydrogens (tertiary/aromatic N) is 1. The van der Waals surface area contributed by atoms with Crippen LogP contribution in [-0.2, 0) is 19.6 Å². The predicted molar refractivity (Wildman–Crippen MR) is 117 cm³/mol. The van der Waals surface area contributed by atoms with Crippen LogP contribution in [0, 0.1) is 11.8 Å². The average Bonchev–Trinajstić information content (AvgIpc) is 2.64. The van der Waals surface area contributed by atoms with E-state index >= 15 is 0 Å². The Morgan fingerprint density at radius 2 is 1.90 bits per heavy atom. The van der Waals surface area contributed by atoms with Gasteiger partial charge in [0.25, 0.3) is 0 Å². The van der Waals surface area contributed by atoms with Crippen LogP contribution in [0.4, 0.5) is 0 Å². The lowest BCUT2D eigenvalue weighted by molar-refractivity contribution is -0.124. The van der Waals surface area contributed by atoms with Crippen LogP contribution in [0.5, 0.6) is 0 Å². The Kier molecular flexibility index (Phi) is 9.09. The summed E-state index contributed by atoms with van der Waals surface area (Å²) in [6.45, 7) is 11.6. The highest BCUT2D eigenvalue weighted by Gasteiger charge is 2.29. The molecule has 164 valence electrons. The number of nitrogens with one attached hydrogen (secondary N) is 2. The van der Waals surface area contributed by atoms with Crippen LogP contribution in [0.1, 0.15) is 27.7 Å². The Labute approximate surface area is 182 Å².